The molecular weight excluding hydrogens is 254 g/mol. The van der Waals surface area contributed by atoms with E-state index < -0.39 is 0 Å². The zero-order valence-corrected chi connectivity index (χ0v) is 12.1. The number of rotatable bonds is 4. The molecule has 2 bridgehead atoms. The third kappa shape index (κ3) is 1.69. The van der Waals surface area contributed by atoms with Crippen LogP contribution >= 0.6 is 0 Å². The van der Waals surface area contributed by atoms with Crippen molar-refractivity contribution in [2.75, 3.05) is 13.1 Å². The first-order valence-corrected chi connectivity index (χ1v) is 7.70. The maximum absolute atomic E-state index is 5.34. The smallest absolute Gasteiger partial charge is 0.0573 e. The molecule has 0 atom stereocenters. The number of hydrogen-bond donors (Lipinski definition) is 1. The largest absolute Gasteiger partial charge is 0.306 e. The highest BCUT2D eigenvalue weighted by molar-refractivity contribution is 5.62. The fraction of sp³-hybridized carbons (Fsp3) is 0.300. The Balaban J connectivity index is 1.77. The summed E-state index contributed by atoms with van der Waals surface area (Å²) in [5, 5.41) is 3.37. The van der Waals surface area contributed by atoms with Gasteiger partial charge in [-0.25, -0.2) is 0 Å². The molecule has 104 valence electrons. The predicted molar refractivity (Wildman–Crippen MR) is 86.4 cm³/mol. The Kier molecular flexibility index (Phi) is 2.87. The van der Waals surface area contributed by atoms with Gasteiger partial charge in [0.2, 0.25) is 0 Å². The molecule has 1 nitrogen and oxygen atoms in total. The van der Waals surface area contributed by atoms with E-state index in [2.05, 4.69) is 59.8 Å². The van der Waals surface area contributed by atoms with Crippen LogP contribution in [-0.2, 0) is 5.41 Å². The summed E-state index contributed by atoms with van der Waals surface area (Å²) < 4.78 is 0. The second-order valence-electron chi connectivity index (χ2n) is 6.14. The summed E-state index contributed by atoms with van der Waals surface area (Å²) in [5.41, 5.74) is 6.34. The molecule has 0 amide bonds. The van der Waals surface area contributed by atoms with Gasteiger partial charge >= 0.3 is 0 Å². The topological polar surface area (TPSA) is 12.0 Å². The van der Waals surface area contributed by atoms with Gasteiger partial charge in [0.05, 0.1) is 6.54 Å². The summed E-state index contributed by atoms with van der Waals surface area (Å²) in [7, 11) is 0. The Bertz CT molecular complexity index is 675. The number of fused-ring (bicyclic) bond motifs is 8. The van der Waals surface area contributed by atoms with Crippen molar-refractivity contribution in [3.8, 4) is 12.3 Å². The van der Waals surface area contributed by atoms with Gasteiger partial charge in [-0.3, -0.25) is 0 Å². The van der Waals surface area contributed by atoms with Crippen molar-refractivity contribution in [3.05, 3.63) is 70.8 Å². The van der Waals surface area contributed by atoms with Crippen molar-refractivity contribution >= 4 is 0 Å². The lowest BCUT2D eigenvalue weighted by molar-refractivity contribution is 0.472. The number of hydrogen-bond acceptors (Lipinski definition) is 1. The van der Waals surface area contributed by atoms with Crippen LogP contribution in [-0.4, -0.2) is 13.1 Å². The molecule has 2 aliphatic rings. The molecule has 1 heteroatoms. The summed E-state index contributed by atoms with van der Waals surface area (Å²) in [6, 6.07) is 18.0. The summed E-state index contributed by atoms with van der Waals surface area (Å²) in [4.78, 5) is 0. The van der Waals surface area contributed by atoms with Crippen LogP contribution in [0.25, 0.3) is 0 Å². The van der Waals surface area contributed by atoms with Crippen LogP contribution < -0.4 is 5.32 Å². The van der Waals surface area contributed by atoms with Crippen molar-refractivity contribution in [1.29, 1.82) is 0 Å². The SMILES string of the molecule is C#CCNCCC12CC(c3ccccc31)c1ccccc12. The molecule has 2 aromatic rings. The van der Waals surface area contributed by atoms with Crippen molar-refractivity contribution < 1.29 is 0 Å². The summed E-state index contributed by atoms with van der Waals surface area (Å²) in [6.07, 6.45) is 7.69. The number of nitrogens with one attached hydrogen (secondary N) is 1. The highest BCUT2D eigenvalue weighted by Gasteiger charge is 2.51. The third-order valence-electron chi connectivity index (χ3n) is 5.21. The second kappa shape index (κ2) is 4.76. The molecule has 2 aliphatic carbocycles. The van der Waals surface area contributed by atoms with Gasteiger partial charge in [-0.1, -0.05) is 54.5 Å². The lowest BCUT2D eigenvalue weighted by Gasteiger charge is -2.31. The first kappa shape index (κ1) is 12.7. The van der Waals surface area contributed by atoms with E-state index in [4.69, 9.17) is 6.42 Å². The van der Waals surface area contributed by atoms with E-state index in [9.17, 15) is 0 Å². The first-order chi connectivity index (χ1) is 10.4. The van der Waals surface area contributed by atoms with Crippen LogP contribution in [0, 0.1) is 12.3 Å². The highest BCUT2D eigenvalue weighted by Crippen LogP contribution is 2.61. The Labute approximate surface area is 126 Å². The molecule has 0 saturated heterocycles. The monoisotopic (exact) mass is 273 g/mol. The fourth-order valence-corrected chi connectivity index (χ4v) is 4.41. The number of terminal acetylenes is 1. The molecule has 1 N–H and O–H groups in total. The maximum Gasteiger partial charge on any atom is 0.0573 e. The molecule has 0 aliphatic heterocycles. The van der Waals surface area contributed by atoms with Gasteiger partial charge in [-0.15, -0.1) is 6.42 Å². The highest BCUT2D eigenvalue weighted by atomic mass is 14.8. The van der Waals surface area contributed by atoms with Crippen molar-refractivity contribution in [2.24, 2.45) is 0 Å². The second-order valence-corrected chi connectivity index (χ2v) is 6.14. The normalized spacial score (nSPS) is 24.4. The van der Waals surface area contributed by atoms with Crippen molar-refractivity contribution in [1.82, 2.24) is 5.32 Å². The first-order valence-electron chi connectivity index (χ1n) is 7.70. The van der Waals surface area contributed by atoms with Gasteiger partial charge < -0.3 is 5.32 Å². The van der Waals surface area contributed by atoms with Gasteiger partial charge in [0, 0.05) is 11.3 Å². The average Bonchev–Trinajstić information content (AvgIpc) is 3.05. The van der Waals surface area contributed by atoms with Gasteiger partial charge in [0.15, 0.2) is 0 Å². The molecule has 0 unspecified atom stereocenters. The Hall–Kier alpha value is -2.04. The average molecular weight is 273 g/mol. The summed E-state index contributed by atoms with van der Waals surface area (Å²) in [5.74, 6) is 3.25. The maximum atomic E-state index is 5.34. The zero-order valence-electron chi connectivity index (χ0n) is 12.1. The van der Waals surface area contributed by atoms with Crippen LogP contribution in [0.3, 0.4) is 0 Å². The molecule has 0 heterocycles. The molecule has 0 aromatic heterocycles. The van der Waals surface area contributed by atoms with E-state index >= 15 is 0 Å². The van der Waals surface area contributed by atoms with Crippen LogP contribution in [0.2, 0.25) is 0 Å². The van der Waals surface area contributed by atoms with E-state index in [1.54, 1.807) is 0 Å². The van der Waals surface area contributed by atoms with Gasteiger partial charge in [-0.2, -0.15) is 0 Å². The standard InChI is InChI=1S/C20H19N/c1-2-12-21-13-11-20-14-17(15-7-3-5-9-18(15)20)16-8-4-6-10-19(16)20/h1,3-10,17,21H,11-14H2. The molecule has 2 aromatic carbocycles. The van der Waals surface area contributed by atoms with E-state index in [1.807, 2.05) is 0 Å². The minimum Gasteiger partial charge on any atom is -0.306 e. The Morgan fingerprint density at radius 3 is 2.29 bits per heavy atom. The summed E-state index contributed by atoms with van der Waals surface area (Å²) in [6.45, 7) is 1.63. The zero-order chi connectivity index (χ0) is 14.3. The quantitative estimate of drug-likeness (QED) is 0.665. The van der Waals surface area contributed by atoms with Crippen molar-refractivity contribution in [2.45, 2.75) is 24.2 Å². The van der Waals surface area contributed by atoms with Crippen LogP contribution in [0.15, 0.2) is 48.5 Å². The molecule has 21 heavy (non-hydrogen) atoms. The van der Waals surface area contributed by atoms with E-state index in [0.29, 0.717) is 12.5 Å². The van der Waals surface area contributed by atoms with Crippen LogP contribution in [0.5, 0.6) is 0 Å². The van der Waals surface area contributed by atoms with Crippen molar-refractivity contribution in [3.63, 3.8) is 0 Å². The Morgan fingerprint density at radius 1 is 1.05 bits per heavy atom. The van der Waals surface area contributed by atoms with E-state index in [1.165, 1.54) is 28.7 Å². The molecule has 0 fully saturated rings. The van der Waals surface area contributed by atoms with Gasteiger partial charge in [0.1, 0.15) is 0 Å². The lowest BCUT2D eigenvalue weighted by atomic mass is 9.73. The summed E-state index contributed by atoms with van der Waals surface area (Å²) >= 11 is 0. The number of benzene rings is 2. The molecule has 0 saturated carbocycles. The van der Waals surface area contributed by atoms with E-state index in [-0.39, 0.29) is 5.41 Å². The molecule has 0 radical (unpaired) electrons. The minimum absolute atomic E-state index is 0.194. The Morgan fingerprint density at radius 2 is 1.67 bits per heavy atom. The third-order valence-corrected chi connectivity index (χ3v) is 5.21. The molecule has 0 spiro atoms. The van der Waals surface area contributed by atoms with Crippen LogP contribution in [0.1, 0.15) is 41.0 Å². The molecule has 4 rings (SSSR count). The van der Waals surface area contributed by atoms with Gasteiger partial charge in [0.25, 0.3) is 0 Å². The predicted octanol–water partition coefficient (Wildman–Crippen LogP) is 3.43. The van der Waals surface area contributed by atoms with Crippen LogP contribution in [0.4, 0.5) is 0 Å². The minimum atomic E-state index is 0.194. The molecular formula is C20H19N. The fourth-order valence-electron chi connectivity index (χ4n) is 4.41. The van der Waals surface area contributed by atoms with Gasteiger partial charge in [-0.05, 0) is 41.6 Å². The van der Waals surface area contributed by atoms with E-state index in [0.717, 1.165) is 13.0 Å². The lowest BCUT2D eigenvalue weighted by Crippen LogP contribution is -2.29.